The fourth-order valence-corrected chi connectivity index (χ4v) is 2.50. The first-order chi connectivity index (χ1) is 13.2. The summed E-state index contributed by atoms with van der Waals surface area (Å²) in [5, 5.41) is 2.73. The number of carbonyl (C=O) groups is 2. The molecule has 1 saturated carbocycles. The molecule has 0 unspecified atom stereocenters. The molecule has 142 valence electrons. The number of ether oxygens (including phenoxy) is 3. The average molecular weight is 369 g/mol. The molecule has 2 aromatic rings. The molecule has 1 amide bonds. The molecule has 0 aromatic heterocycles. The second-order valence-corrected chi connectivity index (χ2v) is 6.42. The Morgan fingerprint density at radius 1 is 1.04 bits per heavy atom. The SMILES string of the molecule is COc1cc(CNC(=O)COC(=O)C2CC2)ccc1OCc1ccccc1. The van der Waals surface area contributed by atoms with Gasteiger partial charge in [0.05, 0.1) is 13.0 Å². The van der Waals surface area contributed by atoms with Crippen LogP contribution in [0.3, 0.4) is 0 Å². The molecule has 6 heteroatoms. The third-order valence-corrected chi connectivity index (χ3v) is 4.21. The Hall–Kier alpha value is -3.02. The van der Waals surface area contributed by atoms with E-state index in [4.69, 9.17) is 14.2 Å². The molecule has 3 rings (SSSR count). The smallest absolute Gasteiger partial charge is 0.309 e. The molecular formula is C21H23NO5. The first kappa shape index (κ1) is 18.8. The zero-order valence-electron chi connectivity index (χ0n) is 15.3. The van der Waals surface area contributed by atoms with Crippen LogP contribution in [0.2, 0.25) is 0 Å². The van der Waals surface area contributed by atoms with Crippen molar-refractivity contribution in [2.75, 3.05) is 13.7 Å². The van der Waals surface area contributed by atoms with Crippen molar-refractivity contribution in [1.29, 1.82) is 0 Å². The van der Waals surface area contributed by atoms with E-state index in [0.717, 1.165) is 24.0 Å². The van der Waals surface area contributed by atoms with E-state index in [0.29, 0.717) is 24.7 Å². The molecule has 2 aromatic carbocycles. The minimum absolute atomic E-state index is 0.00880. The van der Waals surface area contributed by atoms with E-state index in [1.54, 1.807) is 7.11 Å². The van der Waals surface area contributed by atoms with Gasteiger partial charge in [0.25, 0.3) is 5.91 Å². The van der Waals surface area contributed by atoms with Crippen LogP contribution in [0.4, 0.5) is 0 Å². The van der Waals surface area contributed by atoms with Gasteiger partial charge in [-0.2, -0.15) is 0 Å². The highest BCUT2D eigenvalue weighted by Gasteiger charge is 2.31. The predicted octanol–water partition coefficient (Wildman–Crippen LogP) is 2.84. The highest BCUT2D eigenvalue weighted by atomic mass is 16.5. The largest absolute Gasteiger partial charge is 0.493 e. The molecule has 0 atom stereocenters. The van der Waals surface area contributed by atoms with Gasteiger partial charge in [-0.15, -0.1) is 0 Å². The summed E-state index contributed by atoms with van der Waals surface area (Å²) < 4.78 is 16.2. The van der Waals surface area contributed by atoms with Crippen LogP contribution >= 0.6 is 0 Å². The zero-order valence-corrected chi connectivity index (χ0v) is 15.3. The molecule has 0 heterocycles. The number of hydrogen-bond donors (Lipinski definition) is 1. The standard InChI is InChI=1S/C21H23NO5/c1-25-19-11-16(12-22-20(23)14-27-21(24)17-8-9-17)7-10-18(19)26-13-15-5-3-2-4-6-15/h2-7,10-11,17H,8-9,12-14H2,1H3,(H,22,23). The maximum Gasteiger partial charge on any atom is 0.309 e. The predicted molar refractivity (Wildman–Crippen MR) is 99.3 cm³/mol. The van der Waals surface area contributed by atoms with E-state index in [9.17, 15) is 9.59 Å². The second-order valence-electron chi connectivity index (χ2n) is 6.42. The molecule has 0 aliphatic heterocycles. The van der Waals surface area contributed by atoms with Crippen LogP contribution in [0.5, 0.6) is 11.5 Å². The lowest BCUT2D eigenvalue weighted by atomic mass is 10.2. The lowest BCUT2D eigenvalue weighted by molar-refractivity contribution is -0.149. The van der Waals surface area contributed by atoms with Gasteiger partial charge >= 0.3 is 5.97 Å². The summed E-state index contributed by atoms with van der Waals surface area (Å²) in [4.78, 5) is 23.2. The number of rotatable bonds is 9. The molecule has 1 aliphatic carbocycles. The Balaban J connectivity index is 1.49. The minimum Gasteiger partial charge on any atom is -0.493 e. The van der Waals surface area contributed by atoms with Crippen LogP contribution in [-0.4, -0.2) is 25.6 Å². The lowest BCUT2D eigenvalue weighted by Crippen LogP contribution is -2.28. The second kappa shape index (κ2) is 9.07. The minimum atomic E-state index is -0.327. The summed E-state index contributed by atoms with van der Waals surface area (Å²) in [7, 11) is 1.57. The molecule has 0 saturated heterocycles. The zero-order chi connectivity index (χ0) is 19.1. The first-order valence-electron chi connectivity index (χ1n) is 8.92. The molecule has 0 radical (unpaired) electrons. The number of hydrogen-bond acceptors (Lipinski definition) is 5. The van der Waals surface area contributed by atoms with Gasteiger partial charge in [0.1, 0.15) is 6.61 Å². The van der Waals surface area contributed by atoms with Crippen LogP contribution in [0, 0.1) is 5.92 Å². The van der Waals surface area contributed by atoms with Crippen LogP contribution in [0.25, 0.3) is 0 Å². The Labute approximate surface area is 158 Å². The molecule has 1 N–H and O–H groups in total. The maximum absolute atomic E-state index is 11.8. The van der Waals surface area contributed by atoms with E-state index in [2.05, 4.69) is 5.32 Å². The molecule has 0 spiro atoms. The summed E-state index contributed by atoms with van der Waals surface area (Å²) in [6, 6.07) is 15.4. The monoisotopic (exact) mass is 369 g/mol. The van der Waals surface area contributed by atoms with Crippen molar-refractivity contribution in [2.45, 2.75) is 26.0 Å². The number of esters is 1. The summed E-state index contributed by atoms with van der Waals surface area (Å²) in [5.41, 5.74) is 1.93. The first-order valence-corrected chi connectivity index (χ1v) is 8.92. The Kier molecular flexibility index (Phi) is 6.30. The van der Waals surface area contributed by atoms with Gasteiger partial charge in [-0.1, -0.05) is 36.4 Å². The van der Waals surface area contributed by atoms with Gasteiger partial charge in [-0.05, 0) is 36.1 Å². The van der Waals surface area contributed by atoms with Gasteiger partial charge < -0.3 is 19.5 Å². The number of nitrogens with one attached hydrogen (secondary N) is 1. The van der Waals surface area contributed by atoms with E-state index >= 15 is 0 Å². The van der Waals surface area contributed by atoms with Gasteiger partial charge in [0, 0.05) is 6.54 Å². The van der Waals surface area contributed by atoms with E-state index in [1.165, 1.54) is 0 Å². The van der Waals surface area contributed by atoms with Crippen LogP contribution in [0.15, 0.2) is 48.5 Å². The van der Waals surface area contributed by atoms with E-state index < -0.39 is 0 Å². The average Bonchev–Trinajstić information content (AvgIpc) is 3.55. The summed E-state index contributed by atoms with van der Waals surface area (Å²) in [6.45, 7) is 0.513. The fourth-order valence-electron chi connectivity index (χ4n) is 2.50. The van der Waals surface area contributed by atoms with Gasteiger partial charge in [-0.25, -0.2) is 0 Å². The number of amides is 1. The van der Waals surface area contributed by atoms with Crippen molar-refractivity contribution in [3.8, 4) is 11.5 Å². The van der Waals surface area contributed by atoms with Crippen molar-refractivity contribution >= 4 is 11.9 Å². The third kappa shape index (κ3) is 5.74. The lowest BCUT2D eigenvalue weighted by Gasteiger charge is -2.13. The van der Waals surface area contributed by atoms with Crippen LogP contribution in [0.1, 0.15) is 24.0 Å². The highest BCUT2D eigenvalue weighted by molar-refractivity contribution is 5.82. The van der Waals surface area contributed by atoms with Crippen molar-refractivity contribution in [3.63, 3.8) is 0 Å². The van der Waals surface area contributed by atoms with E-state index in [-0.39, 0.29) is 24.4 Å². The van der Waals surface area contributed by atoms with Crippen molar-refractivity contribution in [1.82, 2.24) is 5.32 Å². The molecule has 1 aliphatic rings. The summed E-state index contributed by atoms with van der Waals surface area (Å²) >= 11 is 0. The van der Waals surface area contributed by atoms with Crippen molar-refractivity contribution in [3.05, 3.63) is 59.7 Å². The molecule has 0 bridgehead atoms. The summed E-state index contributed by atoms with van der Waals surface area (Å²) in [6.07, 6.45) is 1.72. The Bertz CT molecular complexity index is 786. The third-order valence-electron chi connectivity index (χ3n) is 4.21. The van der Waals surface area contributed by atoms with Crippen molar-refractivity contribution in [2.24, 2.45) is 5.92 Å². The quantitative estimate of drug-likeness (QED) is 0.688. The van der Waals surface area contributed by atoms with Gasteiger partial charge in [0.2, 0.25) is 0 Å². The Morgan fingerprint density at radius 3 is 2.52 bits per heavy atom. The molecule has 1 fully saturated rings. The Morgan fingerprint density at radius 2 is 1.81 bits per heavy atom. The number of carbonyl (C=O) groups excluding carboxylic acids is 2. The van der Waals surface area contributed by atoms with Gasteiger partial charge in [0.15, 0.2) is 18.1 Å². The highest BCUT2D eigenvalue weighted by Crippen LogP contribution is 2.30. The topological polar surface area (TPSA) is 73.9 Å². The normalized spacial score (nSPS) is 12.9. The van der Waals surface area contributed by atoms with Crippen LogP contribution in [-0.2, 0) is 27.5 Å². The maximum atomic E-state index is 11.8. The molecule has 27 heavy (non-hydrogen) atoms. The molecular weight excluding hydrogens is 346 g/mol. The van der Waals surface area contributed by atoms with Gasteiger partial charge in [-0.3, -0.25) is 9.59 Å². The fraction of sp³-hybridized carbons (Fsp3) is 0.333. The summed E-state index contributed by atoms with van der Waals surface area (Å²) in [5.74, 6) is 0.609. The molecule has 6 nitrogen and oxygen atoms in total. The van der Waals surface area contributed by atoms with Crippen molar-refractivity contribution < 1.29 is 23.8 Å². The van der Waals surface area contributed by atoms with Crippen LogP contribution < -0.4 is 14.8 Å². The van der Waals surface area contributed by atoms with E-state index in [1.807, 2.05) is 48.5 Å². The number of benzene rings is 2. The number of methoxy groups -OCH3 is 1.